The monoisotopic (exact) mass is 300 g/mol. The standard InChI is InChI=1S/C20H28O2/c1-14-7-5-9-15(2)11-12-18-17(4)20(21)22-19(18)13-16(3)10-6-8-14/h8-9,13,18-19H,4-7,10-12H2,1-3H3/b14-8+,15-9+,16-13+/t18-,19+/m0/s1. The molecular formula is C20H28O2. The summed E-state index contributed by atoms with van der Waals surface area (Å²) < 4.78 is 5.51. The van der Waals surface area contributed by atoms with Gasteiger partial charge >= 0.3 is 5.97 Å². The molecule has 1 fully saturated rings. The molecule has 1 aliphatic carbocycles. The lowest BCUT2D eigenvalue weighted by atomic mass is 9.89. The van der Waals surface area contributed by atoms with Gasteiger partial charge in [-0.25, -0.2) is 4.79 Å². The van der Waals surface area contributed by atoms with Gasteiger partial charge in [-0.1, -0.05) is 35.5 Å². The average molecular weight is 300 g/mol. The molecule has 0 aromatic carbocycles. The summed E-state index contributed by atoms with van der Waals surface area (Å²) in [6.45, 7) is 10.5. The highest BCUT2D eigenvalue weighted by Crippen LogP contribution is 2.33. The molecule has 1 heterocycles. The molecule has 1 aliphatic heterocycles. The number of carbonyl (C=O) groups is 1. The van der Waals surface area contributed by atoms with Crippen molar-refractivity contribution in [2.45, 2.75) is 65.4 Å². The summed E-state index contributed by atoms with van der Waals surface area (Å²) in [5.74, 6) is -0.0910. The normalized spacial score (nSPS) is 35.1. The van der Waals surface area contributed by atoms with Crippen LogP contribution in [0.25, 0.3) is 0 Å². The van der Waals surface area contributed by atoms with Gasteiger partial charge in [-0.3, -0.25) is 0 Å². The summed E-state index contributed by atoms with van der Waals surface area (Å²) in [5, 5.41) is 0. The van der Waals surface area contributed by atoms with Crippen molar-refractivity contribution in [3.63, 3.8) is 0 Å². The van der Waals surface area contributed by atoms with Crippen molar-refractivity contribution in [3.05, 3.63) is 47.1 Å². The summed E-state index contributed by atoms with van der Waals surface area (Å²) in [7, 11) is 0. The van der Waals surface area contributed by atoms with E-state index < -0.39 is 0 Å². The minimum absolute atomic E-state index is 0.124. The molecule has 2 aliphatic rings. The predicted molar refractivity (Wildman–Crippen MR) is 91.5 cm³/mol. The first-order valence-electron chi connectivity index (χ1n) is 8.35. The Kier molecular flexibility index (Phi) is 5.82. The van der Waals surface area contributed by atoms with E-state index in [1.807, 2.05) is 0 Å². The fourth-order valence-electron chi connectivity index (χ4n) is 3.16. The van der Waals surface area contributed by atoms with Crippen LogP contribution in [-0.4, -0.2) is 12.1 Å². The molecule has 0 N–H and O–H groups in total. The lowest BCUT2D eigenvalue weighted by molar-refractivity contribution is -0.137. The molecule has 0 bridgehead atoms. The first kappa shape index (κ1) is 16.8. The van der Waals surface area contributed by atoms with Crippen LogP contribution in [0, 0.1) is 5.92 Å². The lowest BCUT2D eigenvalue weighted by Gasteiger charge is -2.16. The van der Waals surface area contributed by atoms with Crippen molar-refractivity contribution >= 4 is 5.97 Å². The van der Waals surface area contributed by atoms with Gasteiger partial charge in [-0.2, -0.15) is 0 Å². The zero-order valence-electron chi connectivity index (χ0n) is 14.2. The van der Waals surface area contributed by atoms with E-state index >= 15 is 0 Å². The minimum Gasteiger partial charge on any atom is -0.454 e. The molecule has 22 heavy (non-hydrogen) atoms. The predicted octanol–water partition coefficient (Wildman–Crippen LogP) is 5.28. The Bertz CT molecular complexity index is 534. The third-order valence-corrected chi connectivity index (χ3v) is 4.71. The number of hydrogen-bond acceptors (Lipinski definition) is 2. The van der Waals surface area contributed by atoms with E-state index in [0.29, 0.717) is 5.57 Å². The van der Waals surface area contributed by atoms with E-state index in [1.165, 1.54) is 16.7 Å². The van der Waals surface area contributed by atoms with Crippen LogP contribution in [0.1, 0.15) is 59.3 Å². The van der Waals surface area contributed by atoms with E-state index in [1.54, 1.807) is 0 Å². The first-order valence-corrected chi connectivity index (χ1v) is 8.35. The molecule has 2 heteroatoms. The molecule has 2 atom stereocenters. The summed E-state index contributed by atoms with van der Waals surface area (Å²) >= 11 is 0. The second kappa shape index (κ2) is 7.62. The quantitative estimate of drug-likeness (QED) is 0.346. The number of esters is 1. The maximum absolute atomic E-state index is 11.8. The van der Waals surface area contributed by atoms with Crippen LogP contribution in [0.5, 0.6) is 0 Å². The van der Waals surface area contributed by atoms with Crippen LogP contribution in [0.3, 0.4) is 0 Å². The van der Waals surface area contributed by atoms with E-state index in [-0.39, 0.29) is 18.0 Å². The number of allylic oxidation sites excluding steroid dienone is 5. The fraction of sp³-hybridized carbons (Fsp3) is 0.550. The Labute approximate surface area is 134 Å². The van der Waals surface area contributed by atoms with E-state index in [9.17, 15) is 4.79 Å². The van der Waals surface area contributed by atoms with Crippen molar-refractivity contribution in [2.24, 2.45) is 5.92 Å². The third-order valence-electron chi connectivity index (χ3n) is 4.71. The van der Waals surface area contributed by atoms with Crippen molar-refractivity contribution in [1.82, 2.24) is 0 Å². The molecular weight excluding hydrogens is 272 g/mol. The third kappa shape index (κ3) is 4.46. The first-order chi connectivity index (χ1) is 10.5. The maximum Gasteiger partial charge on any atom is 0.334 e. The van der Waals surface area contributed by atoms with Crippen molar-refractivity contribution in [3.8, 4) is 0 Å². The van der Waals surface area contributed by atoms with E-state index in [4.69, 9.17) is 4.74 Å². The Morgan fingerprint density at radius 3 is 2.27 bits per heavy atom. The topological polar surface area (TPSA) is 26.3 Å². The molecule has 2 rings (SSSR count). The molecule has 2 nitrogen and oxygen atoms in total. The maximum atomic E-state index is 11.8. The van der Waals surface area contributed by atoms with Crippen LogP contribution in [-0.2, 0) is 9.53 Å². The summed E-state index contributed by atoms with van der Waals surface area (Å²) in [5.41, 5.74) is 4.81. The molecule has 0 radical (unpaired) electrons. The molecule has 0 unspecified atom stereocenters. The number of carbonyl (C=O) groups excluding carboxylic acids is 1. The summed E-state index contributed by atoms with van der Waals surface area (Å²) in [4.78, 5) is 11.8. The van der Waals surface area contributed by atoms with Crippen LogP contribution in [0.2, 0.25) is 0 Å². The van der Waals surface area contributed by atoms with Crippen LogP contribution in [0.15, 0.2) is 47.1 Å². The van der Waals surface area contributed by atoms with Crippen molar-refractivity contribution < 1.29 is 9.53 Å². The van der Waals surface area contributed by atoms with Crippen LogP contribution in [0.4, 0.5) is 0 Å². The Balaban J connectivity index is 2.19. The largest absolute Gasteiger partial charge is 0.454 e. The highest BCUT2D eigenvalue weighted by molar-refractivity contribution is 5.91. The summed E-state index contributed by atoms with van der Waals surface area (Å²) in [6.07, 6.45) is 13.0. The second-order valence-corrected chi connectivity index (χ2v) is 6.73. The highest BCUT2D eigenvalue weighted by atomic mass is 16.5. The molecule has 0 aromatic rings. The van der Waals surface area contributed by atoms with E-state index in [2.05, 4.69) is 45.6 Å². The SMILES string of the molecule is C=C1C(=O)O[C@@H]2/C=C(\C)CC/C=C(\C)CC/C=C(\C)CC[C@@H]12. The fourth-order valence-corrected chi connectivity index (χ4v) is 3.16. The smallest absolute Gasteiger partial charge is 0.334 e. The number of hydrogen-bond donors (Lipinski definition) is 0. The van der Waals surface area contributed by atoms with Gasteiger partial charge in [-0.15, -0.1) is 0 Å². The van der Waals surface area contributed by atoms with Gasteiger partial charge in [0.2, 0.25) is 0 Å². The highest BCUT2D eigenvalue weighted by Gasteiger charge is 2.36. The number of rotatable bonds is 0. The van der Waals surface area contributed by atoms with Gasteiger partial charge < -0.3 is 4.74 Å². The Morgan fingerprint density at radius 1 is 1.00 bits per heavy atom. The number of ether oxygens (including phenoxy) is 1. The van der Waals surface area contributed by atoms with Crippen molar-refractivity contribution in [1.29, 1.82) is 0 Å². The van der Waals surface area contributed by atoms with Gasteiger partial charge in [0.05, 0.1) is 0 Å². The molecule has 0 spiro atoms. The average Bonchev–Trinajstić information content (AvgIpc) is 2.71. The molecule has 1 saturated heterocycles. The lowest BCUT2D eigenvalue weighted by Crippen LogP contribution is -2.14. The van der Waals surface area contributed by atoms with Gasteiger partial charge in [0.25, 0.3) is 0 Å². The number of fused-ring (bicyclic) bond motifs is 1. The molecule has 120 valence electrons. The Morgan fingerprint density at radius 2 is 1.59 bits per heavy atom. The van der Waals surface area contributed by atoms with Gasteiger partial charge in [0.15, 0.2) is 0 Å². The Hall–Kier alpha value is -1.57. The van der Waals surface area contributed by atoms with E-state index in [0.717, 1.165) is 38.5 Å². The zero-order chi connectivity index (χ0) is 16.1. The minimum atomic E-state index is -0.222. The van der Waals surface area contributed by atoms with Crippen molar-refractivity contribution in [2.75, 3.05) is 0 Å². The second-order valence-electron chi connectivity index (χ2n) is 6.73. The van der Waals surface area contributed by atoms with Gasteiger partial charge in [-0.05, 0) is 65.4 Å². The van der Waals surface area contributed by atoms with Gasteiger partial charge in [0, 0.05) is 11.5 Å². The van der Waals surface area contributed by atoms with Crippen LogP contribution < -0.4 is 0 Å². The van der Waals surface area contributed by atoms with Gasteiger partial charge in [0.1, 0.15) is 6.10 Å². The van der Waals surface area contributed by atoms with Crippen LogP contribution >= 0.6 is 0 Å². The summed E-state index contributed by atoms with van der Waals surface area (Å²) in [6, 6.07) is 0. The molecule has 0 saturated carbocycles. The molecule has 0 aromatic heterocycles. The molecule has 0 amide bonds. The zero-order valence-corrected chi connectivity index (χ0v) is 14.2.